The number of aliphatic hydroxyl groups excluding tert-OH is 2. The van der Waals surface area contributed by atoms with Crippen LogP contribution in [0.15, 0.2) is 5.16 Å². The van der Waals surface area contributed by atoms with E-state index < -0.39 is 17.1 Å². The number of hydrogen-bond donors (Lipinski definition) is 4. The highest BCUT2D eigenvalue weighted by molar-refractivity contribution is 5.91. The van der Waals surface area contributed by atoms with Gasteiger partial charge in [0.05, 0.1) is 17.9 Å². The molecular formula is C25H43ClN2O4. The second-order valence-electron chi connectivity index (χ2n) is 12.3. The zero-order valence-corrected chi connectivity index (χ0v) is 21.0. The molecule has 1 saturated heterocycles. The Hall–Kier alpha value is -0.400. The molecule has 1 aliphatic heterocycles. The molecule has 0 amide bonds. The molecule has 0 aromatic heterocycles. The van der Waals surface area contributed by atoms with Gasteiger partial charge in [0.25, 0.3) is 0 Å². The highest BCUT2D eigenvalue weighted by atomic mass is 35.5. The molecule has 4 aliphatic carbocycles. The second-order valence-corrected chi connectivity index (χ2v) is 12.3. The predicted molar refractivity (Wildman–Crippen MR) is 127 cm³/mol. The molecule has 32 heavy (non-hydrogen) atoms. The van der Waals surface area contributed by atoms with Crippen molar-refractivity contribution in [2.45, 2.75) is 103 Å². The first-order valence-corrected chi connectivity index (χ1v) is 12.6. The summed E-state index contributed by atoms with van der Waals surface area (Å²) >= 11 is 0. The van der Waals surface area contributed by atoms with Gasteiger partial charge < -0.3 is 25.5 Å². The first kappa shape index (κ1) is 24.7. The summed E-state index contributed by atoms with van der Waals surface area (Å²) in [5.41, 5.74) is -1.42. The summed E-state index contributed by atoms with van der Waals surface area (Å²) < 4.78 is 0. The van der Waals surface area contributed by atoms with Gasteiger partial charge in [-0.1, -0.05) is 32.9 Å². The lowest BCUT2D eigenvalue weighted by Crippen LogP contribution is -2.74. The van der Waals surface area contributed by atoms with E-state index in [1.807, 2.05) is 0 Å². The first-order chi connectivity index (χ1) is 14.6. The fraction of sp³-hybridized carbons (Fsp3) is 0.960. The van der Waals surface area contributed by atoms with E-state index in [9.17, 15) is 15.3 Å². The molecule has 0 aromatic rings. The Morgan fingerprint density at radius 2 is 1.72 bits per heavy atom. The smallest absolute Gasteiger partial charge is 0.141 e. The highest BCUT2D eigenvalue weighted by Gasteiger charge is 2.72. The van der Waals surface area contributed by atoms with Crippen molar-refractivity contribution in [3.05, 3.63) is 0 Å². The minimum absolute atomic E-state index is 0. The van der Waals surface area contributed by atoms with Crippen molar-refractivity contribution in [3.63, 3.8) is 0 Å². The van der Waals surface area contributed by atoms with Gasteiger partial charge >= 0.3 is 0 Å². The molecule has 6 nitrogen and oxygen atoms in total. The number of halogens is 1. The Morgan fingerprint density at radius 3 is 2.41 bits per heavy atom. The maximum absolute atomic E-state index is 12.4. The molecule has 7 heteroatoms. The van der Waals surface area contributed by atoms with E-state index in [1.165, 1.54) is 0 Å². The van der Waals surface area contributed by atoms with E-state index in [4.69, 9.17) is 4.84 Å². The molecule has 9 atom stereocenters. The van der Waals surface area contributed by atoms with Gasteiger partial charge in [0, 0.05) is 23.8 Å². The average molecular weight is 471 g/mol. The molecule has 4 saturated carbocycles. The van der Waals surface area contributed by atoms with Gasteiger partial charge in [0.1, 0.15) is 11.7 Å². The molecule has 0 radical (unpaired) electrons. The van der Waals surface area contributed by atoms with Crippen molar-refractivity contribution in [1.29, 1.82) is 0 Å². The van der Waals surface area contributed by atoms with Crippen LogP contribution in [0.3, 0.4) is 0 Å². The maximum atomic E-state index is 12.4. The molecule has 5 aliphatic rings. The Bertz CT molecular complexity index is 756. The normalized spacial score (nSPS) is 53.2. The Kier molecular flexibility index (Phi) is 6.24. The summed E-state index contributed by atoms with van der Waals surface area (Å²) in [6.45, 7) is 10.4. The van der Waals surface area contributed by atoms with Crippen molar-refractivity contribution >= 4 is 18.1 Å². The summed E-state index contributed by atoms with van der Waals surface area (Å²) in [6, 6.07) is 0. The second kappa shape index (κ2) is 8.08. The lowest BCUT2D eigenvalue weighted by molar-refractivity contribution is -0.276. The van der Waals surface area contributed by atoms with Crippen LogP contribution in [0.4, 0.5) is 0 Å². The maximum Gasteiger partial charge on any atom is 0.141 e. The molecule has 184 valence electrons. The minimum atomic E-state index is -1.24. The minimum Gasteiger partial charge on any atom is -0.393 e. The summed E-state index contributed by atoms with van der Waals surface area (Å²) in [5.74, 6) is 1.17. The standard InChI is InChI=1S/C25H42N2O4.ClH/c1-22(2)19(27-31-15-9-12-26-14-15)8-11-24(4)18-7-10-23(3)17(5-6-20(23)28)16(18)13-21(29)25(22,24)30;/h15-18,20-21,26,28-30H,5-14H2,1-4H3;1H/b27-19-;/t15-,16+,17+,18+,20+,21+,23+,24-,25-;/m1./s1. The zero-order chi connectivity index (χ0) is 22.2. The number of nitrogens with zero attached hydrogens (tertiary/aromatic N) is 1. The van der Waals surface area contributed by atoms with Crippen molar-refractivity contribution in [2.75, 3.05) is 13.1 Å². The largest absolute Gasteiger partial charge is 0.393 e. The van der Waals surface area contributed by atoms with Crippen molar-refractivity contribution in [3.8, 4) is 0 Å². The fourth-order valence-corrected chi connectivity index (χ4v) is 8.90. The number of aliphatic hydroxyl groups is 3. The lowest BCUT2D eigenvalue weighted by Gasteiger charge is -2.68. The monoisotopic (exact) mass is 470 g/mol. The van der Waals surface area contributed by atoms with E-state index in [0.29, 0.717) is 24.2 Å². The van der Waals surface area contributed by atoms with Crippen LogP contribution in [0.1, 0.15) is 79.1 Å². The third kappa shape index (κ3) is 3.08. The van der Waals surface area contributed by atoms with Crippen LogP contribution < -0.4 is 5.32 Å². The summed E-state index contributed by atoms with van der Waals surface area (Å²) in [4.78, 5) is 5.86. The van der Waals surface area contributed by atoms with Crippen LogP contribution in [0, 0.1) is 34.0 Å². The van der Waals surface area contributed by atoms with Gasteiger partial charge in [-0.15, -0.1) is 12.4 Å². The van der Waals surface area contributed by atoms with Crippen LogP contribution in [-0.2, 0) is 4.84 Å². The molecular weight excluding hydrogens is 428 g/mol. The number of nitrogens with one attached hydrogen (secondary N) is 1. The number of rotatable bonds is 2. The van der Waals surface area contributed by atoms with Gasteiger partial charge in [-0.2, -0.15) is 0 Å². The van der Waals surface area contributed by atoms with Crippen LogP contribution in [-0.4, -0.2) is 58.0 Å². The number of oxime groups is 1. The molecule has 1 heterocycles. The van der Waals surface area contributed by atoms with Crippen LogP contribution in [0.25, 0.3) is 0 Å². The molecule has 0 spiro atoms. The van der Waals surface area contributed by atoms with Gasteiger partial charge in [-0.3, -0.25) is 0 Å². The van der Waals surface area contributed by atoms with Gasteiger partial charge in [0.2, 0.25) is 0 Å². The van der Waals surface area contributed by atoms with Crippen LogP contribution in [0.2, 0.25) is 0 Å². The molecule has 0 unspecified atom stereocenters. The fourth-order valence-electron chi connectivity index (χ4n) is 8.90. The molecule has 4 N–H and O–H groups in total. The number of fused-ring (bicyclic) bond motifs is 5. The van der Waals surface area contributed by atoms with Crippen LogP contribution in [0.5, 0.6) is 0 Å². The first-order valence-electron chi connectivity index (χ1n) is 12.6. The Morgan fingerprint density at radius 1 is 0.969 bits per heavy atom. The predicted octanol–water partition coefficient (Wildman–Crippen LogP) is 3.27. The van der Waals surface area contributed by atoms with E-state index >= 15 is 0 Å². The summed E-state index contributed by atoms with van der Waals surface area (Å²) in [6.07, 6.45) is 6.21. The molecule has 5 rings (SSSR count). The molecule has 0 bridgehead atoms. The molecule has 5 fully saturated rings. The van der Waals surface area contributed by atoms with Gasteiger partial charge in [-0.05, 0) is 74.7 Å². The van der Waals surface area contributed by atoms with Crippen molar-refractivity contribution in [1.82, 2.24) is 5.32 Å². The van der Waals surface area contributed by atoms with E-state index in [-0.39, 0.29) is 35.4 Å². The SMILES string of the molecule is CC1(C)/C(=N\O[C@@H]2CCNC2)CC[C@]2(C)[C@H]3CC[C@]4(C)[C@@H](O)CC[C@H]4[C@@H]3C[C@H](O)[C@@]12O.Cl. The average Bonchev–Trinajstić information content (AvgIpc) is 3.33. The Labute approximate surface area is 199 Å². The van der Waals surface area contributed by atoms with Crippen molar-refractivity contribution < 1.29 is 20.2 Å². The van der Waals surface area contributed by atoms with E-state index in [1.54, 1.807) is 0 Å². The van der Waals surface area contributed by atoms with Gasteiger partial charge in [0.15, 0.2) is 0 Å². The molecule has 0 aromatic carbocycles. The number of hydrogen-bond acceptors (Lipinski definition) is 6. The summed E-state index contributed by atoms with van der Waals surface area (Å²) in [7, 11) is 0. The topological polar surface area (TPSA) is 94.3 Å². The third-order valence-corrected chi connectivity index (χ3v) is 10.9. The summed E-state index contributed by atoms with van der Waals surface area (Å²) in [5, 5.41) is 42.5. The van der Waals surface area contributed by atoms with Crippen LogP contribution >= 0.6 is 12.4 Å². The van der Waals surface area contributed by atoms with E-state index in [0.717, 1.165) is 63.7 Å². The van der Waals surface area contributed by atoms with Crippen molar-refractivity contribution in [2.24, 2.45) is 39.2 Å². The Balaban J connectivity index is 0.00000245. The quantitative estimate of drug-likeness (QED) is 0.465. The van der Waals surface area contributed by atoms with Gasteiger partial charge in [-0.25, -0.2) is 0 Å². The highest BCUT2D eigenvalue weighted by Crippen LogP contribution is 2.69. The lowest BCUT2D eigenvalue weighted by atomic mass is 9.38. The third-order valence-electron chi connectivity index (χ3n) is 10.9. The van der Waals surface area contributed by atoms with E-state index in [2.05, 4.69) is 38.2 Å². The zero-order valence-electron chi connectivity index (χ0n) is 20.1.